The van der Waals surface area contributed by atoms with Crippen LogP contribution in [0.2, 0.25) is 5.35 Å². The molecule has 2 rings (SSSR count). The fraction of sp³-hybridized carbons (Fsp3) is 0. The number of rotatable bonds is 3. The van der Waals surface area contributed by atoms with E-state index in [0.29, 0.717) is 5.75 Å². The van der Waals surface area contributed by atoms with Crippen LogP contribution in [0.5, 0.6) is 11.7 Å². The van der Waals surface area contributed by atoms with Gasteiger partial charge in [0.15, 0.2) is 0 Å². The molecular weight excluding hydrogens is 232 g/mol. The van der Waals surface area contributed by atoms with E-state index in [2.05, 4.69) is 4.98 Å². The van der Waals surface area contributed by atoms with E-state index in [4.69, 9.17) is 26.5 Å². The van der Waals surface area contributed by atoms with E-state index in [-0.39, 0.29) is 16.9 Å². The van der Waals surface area contributed by atoms with Gasteiger partial charge in [-0.15, -0.1) is 0 Å². The Morgan fingerprint density at radius 3 is 2.81 bits per heavy atom. The fourth-order valence-corrected chi connectivity index (χ4v) is 1.28. The van der Waals surface area contributed by atoms with Gasteiger partial charge in [0, 0.05) is 0 Å². The molecule has 2 N–H and O–H groups in total. The lowest BCUT2D eigenvalue weighted by atomic mass is 10.2. The number of ether oxygens (including phenoxy) is 1. The van der Waals surface area contributed by atoms with E-state index in [1.807, 2.05) is 0 Å². The Kier molecular flexibility index (Phi) is 2.78. The molecule has 0 saturated heterocycles. The van der Waals surface area contributed by atoms with E-state index >= 15 is 0 Å². The third kappa shape index (κ3) is 2.14. The van der Waals surface area contributed by atoms with Crippen LogP contribution in [0.4, 0.5) is 0 Å². The minimum Gasteiger partial charge on any atom is -0.424 e. The second-order valence-electron chi connectivity index (χ2n) is 2.89. The van der Waals surface area contributed by atoms with Crippen LogP contribution in [0.15, 0.2) is 34.9 Å². The number of amides is 1. The van der Waals surface area contributed by atoms with Crippen LogP contribution in [-0.2, 0) is 0 Å². The molecule has 0 aliphatic rings. The molecule has 2 aromatic rings. The molecule has 0 aliphatic carbocycles. The van der Waals surface area contributed by atoms with Gasteiger partial charge in [0.25, 0.3) is 11.3 Å². The molecule has 0 fully saturated rings. The van der Waals surface area contributed by atoms with Crippen molar-refractivity contribution in [2.75, 3.05) is 0 Å². The van der Waals surface area contributed by atoms with Crippen molar-refractivity contribution in [1.29, 1.82) is 0 Å². The number of primary amides is 1. The zero-order chi connectivity index (χ0) is 11.5. The molecule has 1 amide bonds. The van der Waals surface area contributed by atoms with Gasteiger partial charge >= 0.3 is 5.95 Å². The van der Waals surface area contributed by atoms with Gasteiger partial charge in [0.2, 0.25) is 0 Å². The molecule has 0 bridgehead atoms. The van der Waals surface area contributed by atoms with Gasteiger partial charge in [-0.1, -0.05) is 12.1 Å². The first-order valence-electron chi connectivity index (χ1n) is 4.35. The summed E-state index contributed by atoms with van der Waals surface area (Å²) in [5, 5.41) is -0.0356. The van der Waals surface area contributed by atoms with Crippen molar-refractivity contribution in [3.8, 4) is 11.7 Å². The molecule has 1 heterocycles. The van der Waals surface area contributed by atoms with E-state index < -0.39 is 5.91 Å². The van der Waals surface area contributed by atoms with Crippen molar-refractivity contribution in [3.63, 3.8) is 0 Å². The zero-order valence-corrected chi connectivity index (χ0v) is 8.77. The number of aromatic nitrogens is 1. The summed E-state index contributed by atoms with van der Waals surface area (Å²) < 4.78 is 10.2. The second-order valence-corrected chi connectivity index (χ2v) is 3.22. The van der Waals surface area contributed by atoms with E-state index in [1.165, 1.54) is 6.20 Å². The highest BCUT2D eigenvalue weighted by Gasteiger charge is 2.11. The number of carbonyl (C=O) groups excluding carboxylic acids is 1. The Morgan fingerprint density at radius 2 is 2.19 bits per heavy atom. The molecule has 1 aromatic carbocycles. The lowest BCUT2D eigenvalue weighted by Crippen LogP contribution is -2.11. The standard InChI is InChI=1S/C10H7ClN2O3/c11-10-13-5-8(16-10)15-7-4-2-1-3-6(7)9(12)14/h1-5H,(H2,12,14). The number of hydrogen-bond donors (Lipinski definition) is 1. The number of nitrogens with zero attached hydrogens (tertiary/aromatic N) is 1. The Hall–Kier alpha value is -2.01. The smallest absolute Gasteiger partial charge is 0.311 e. The summed E-state index contributed by atoms with van der Waals surface area (Å²) in [4.78, 5) is 14.7. The molecule has 0 aliphatic heterocycles. The summed E-state index contributed by atoms with van der Waals surface area (Å²) in [6.45, 7) is 0. The number of carbonyl (C=O) groups is 1. The first kappa shape index (κ1) is 10.5. The molecule has 0 saturated carbocycles. The lowest BCUT2D eigenvalue weighted by Gasteiger charge is -2.04. The number of benzene rings is 1. The predicted octanol–water partition coefficient (Wildman–Crippen LogP) is 2.22. The average molecular weight is 239 g/mol. The predicted molar refractivity (Wildman–Crippen MR) is 56.5 cm³/mol. The number of halogens is 1. The van der Waals surface area contributed by atoms with Crippen molar-refractivity contribution in [2.24, 2.45) is 5.73 Å². The summed E-state index contributed by atoms with van der Waals surface area (Å²) >= 11 is 5.48. The van der Waals surface area contributed by atoms with Gasteiger partial charge in [0.1, 0.15) is 11.9 Å². The highest BCUT2D eigenvalue weighted by atomic mass is 35.5. The maximum atomic E-state index is 11.1. The molecular formula is C10H7ClN2O3. The molecule has 0 atom stereocenters. The van der Waals surface area contributed by atoms with E-state index in [1.54, 1.807) is 24.3 Å². The van der Waals surface area contributed by atoms with Gasteiger partial charge in [0.05, 0.1) is 5.56 Å². The normalized spacial score (nSPS) is 10.1. The highest BCUT2D eigenvalue weighted by Crippen LogP contribution is 2.26. The first-order valence-corrected chi connectivity index (χ1v) is 4.72. The second kappa shape index (κ2) is 4.24. The van der Waals surface area contributed by atoms with Gasteiger partial charge in [-0.3, -0.25) is 4.79 Å². The summed E-state index contributed by atoms with van der Waals surface area (Å²) in [5.41, 5.74) is 5.44. The Bertz CT molecular complexity index is 524. The minimum atomic E-state index is -0.582. The summed E-state index contributed by atoms with van der Waals surface area (Å²) in [6, 6.07) is 6.53. The van der Waals surface area contributed by atoms with Crippen LogP contribution in [-0.4, -0.2) is 10.9 Å². The van der Waals surface area contributed by atoms with Crippen LogP contribution in [0, 0.1) is 0 Å². The zero-order valence-electron chi connectivity index (χ0n) is 8.01. The van der Waals surface area contributed by atoms with Crippen LogP contribution in [0.25, 0.3) is 0 Å². The molecule has 1 aromatic heterocycles. The SMILES string of the molecule is NC(=O)c1ccccc1Oc1cnc(Cl)o1. The summed E-state index contributed by atoms with van der Waals surface area (Å²) in [6.07, 6.45) is 1.31. The van der Waals surface area contributed by atoms with Crippen molar-refractivity contribution in [2.45, 2.75) is 0 Å². The molecule has 5 nitrogen and oxygen atoms in total. The highest BCUT2D eigenvalue weighted by molar-refractivity contribution is 6.27. The maximum Gasteiger partial charge on any atom is 0.311 e. The Labute approximate surface area is 95.8 Å². The third-order valence-electron chi connectivity index (χ3n) is 1.82. The topological polar surface area (TPSA) is 78.4 Å². The van der Waals surface area contributed by atoms with Crippen LogP contribution in [0.3, 0.4) is 0 Å². The Balaban J connectivity index is 2.31. The monoisotopic (exact) mass is 238 g/mol. The number of oxazole rings is 1. The minimum absolute atomic E-state index is 0.0356. The third-order valence-corrected chi connectivity index (χ3v) is 1.99. The summed E-state index contributed by atoms with van der Waals surface area (Å²) in [7, 11) is 0. The maximum absolute atomic E-state index is 11.1. The van der Waals surface area contributed by atoms with Gasteiger partial charge in [-0.05, 0) is 23.7 Å². The van der Waals surface area contributed by atoms with Crippen molar-refractivity contribution in [1.82, 2.24) is 4.98 Å². The molecule has 0 spiro atoms. The van der Waals surface area contributed by atoms with Gasteiger partial charge < -0.3 is 14.9 Å². The quantitative estimate of drug-likeness (QED) is 0.889. The largest absolute Gasteiger partial charge is 0.424 e. The van der Waals surface area contributed by atoms with Gasteiger partial charge in [-0.25, -0.2) is 4.98 Å². The number of para-hydroxylation sites is 1. The Morgan fingerprint density at radius 1 is 1.44 bits per heavy atom. The van der Waals surface area contributed by atoms with Gasteiger partial charge in [-0.2, -0.15) is 0 Å². The van der Waals surface area contributed by atoms with Crippen LogP contribution < -0.4 is 10.5 Å². The number of hydrogen-bond acceptors (Lipinski definition) is 4. The molecule has 82 valence electrons. The molecule has 0 unspecified atom stereocenters. The van der Waals surface area contributed by atoms with Crippen LogP contribution >= 0.6 is 11.6 Å². The average Bonchev–Trinajstić information content (AvgIpc) is 2.64. The first-order chi connectivity index (χ1) is 7.66. The lowest BCUT2D eigenvalue weighted by molar-refractivity contribution is 0.0997. The van der Waals surface area contributed by atoms with Crippen molar-refractivity contribution < 1.29 is 13.9 Å². The van der Waals surface area contributed by atoms with E-state index in [0.717, 1.165) is 0 Å². The van der Waals surface area contributed by atoms with Crippen LogP contribution in [0.1, 0.15) is 10.4 Å². The summed E-state index contributed by atoms with van der Waals surface area (Å²) in [5.74, 6) is -0.192. The molecule has 16 heavy (non-hydrogen) atoms. The fourth-order valence-electron chi connectivity index (χ4n) is 1.15. The number of nitrogens with two attached hydrogens (primary N) is 1. The molecule has 6 heteroatoms. The van der Waals surface area contributed by atoms with Crippen molar-refractivity contribution in [3.05, 3.63) is 41.4 Å². The van der Waals surface area contributed by atoms with Crippen molar-refractivity contribution >= 4 is 17.5 Å². The van der Waals surface area contributed by atoms with E-state index in [9.17, 15) is 4.79 Å². The molecule has 0 radical (unpaired) electrons.